The van der Waals surface area contributed by atoms with Crippen LogP contribution in [0.2, 0.25) is 5.02 Å². The van der Waals surface area contributed by atoms with E-state index in [9.17, 15) is 19.2 Å². The number of piperidine rings is 2. The van der Waals surface area contributed by atoms with Crippen LogP contribution in [0, 0.1) is 5.92 Å². The van der Waals surface area contributed by atoms with Gasteiger partial charge in [0, 0.05) is 88.8 Å². The molecule has 3 saturated heterocycles. The van der Waals surface area contributed by atoms with Gasteiger partial charge in [-0.25, -0.2) is 15.0 Å². The number of amides is 4. The summed E-state index contributed by atoms with van der Waals surface area (Å²) in [6, 6.07) is 19.9. The zero-order chi connectivity index (χ0) is 52.6. The fourth-order valence-corrected chi connectivity index (χ4v) is 9.87. The summed E-state index contributed by atoms with van der Waals surface area (Å²) in [5.41, 5.74) is 11.3. The van der Waals surface area contributed by atoms with Crippen LogP contribution in [0.5, 0.6) is 0 Å². The Morgan fingerprint density at radius 2 is 1.67 bits per heavy atom. The minimum atomic E-state index is -0.436. The van der Waals surface area contributed by atoms with E-state index >= 15 is 0 Å². The van der Waals surface area contributed by atoms with Crippen molar-refractivity contribution in [2.24, 2.45) is 16.6 Å². The van der Waals surface area contributed by atoms with Crippen molar-refractivity contribution >= 4 is 63.6 Å². The van der Waals surface area contributed by atoms with Crippen LogP contribution >= 0.6 is 11.6 Å². The minimum absolute atomic E-state index is 0.000786. The molecule has 0 bridgehead atoms. The van der Waals surface area contributed by atoms with E-state index in [2.05, 4.69) is 81.9 Å². The van der Waals surface area contributed by atoms with E-state index in [0.717, 1.165) is 129 Å². The number of aliphatic imine (C=N–C) groups is 1. The lowest BCUT2D eigenvalue weighted by molar-refractivity contribution is -0.134. The van der Waals surface area contributed by atoms with Gasteiger partial charge in [-0.15, -0.1) is 0 Å². The van der Waals surface area contributed by atoms with Gasteiger partial charge in [-0.05, 0) is 98.5 Å². The summed E-state index contributed by atoms with van der Waals surface area (Å²) in [6.07, 6.45) is 11.8. The van der Waals surface area contributed by atoms with Gasteiger partial charge in [0.2, 0.25) is 17.7 Å². The first-order valence-electron chi connectivity index (χ1n) is 26.4. The maximum atomic E-state index is 13.3. The lowest BCUT2D eigenvalue weighted by Crippen LogP contribution is -2.49. The van der Waals surface area contributed by atoms with Gasteiger partial charge in [0.05, 0.1) is 50.5 Å². The first kappa shape index (κ1) is 54.7. The highest BCUT2D eigenvalue weighted by Gasteiger charge is 2.47. The number of anilines is 2. The third kappa shape index (κ3) is 15.5. The Hall–Kier alpha value is -6.51. The van der Waals surface area contributed by atoms with Crippen molar-refractivity contribution in [1.82, 2.24) is 45.3 Å². The van der Waals surface area contributed by atoms with E-state index in [-0.39, 0.29) is 54.6 Å². The van der Waals surface area contributed by atoms with Crippen molar-refractivity contribution in [1.29, 1.82) is 0 Å². The molecule has 75 heavy (non-hydrogen) atoms. The molecule has 0 aliphatic carbocycles. The normalized spacial score (nSPS) is 17.4. The monoisotopic (exact) mass is 1050 g/mol. The summed E-state index contributed by atoms with van der Waals surface area (Å²) in [5.74, 6) is 1.49. The van der Waals surface area contributed by atoms with Crippen LogP contribution in [-0.2, 0) is 36.7 Å². The van der Waals surface area contributed by atoms with E-state index in [1.165, 1.54) is 5.56 Å². The highest BCUT2D eigenvalue weighted by atomic mass is 35.5. The number of piperazine rings is 1. The number of ether oxygens (including phenoxy) is 2. The zero-order valence-corrected chi connectivity index (χ0v) is 44.1. The fourth-order valence-electron chi connectivity index (χ4n) is 9.74. The number of amidine groups is 1. The van der Waals surface area contributed by atoms with Crippen molar-refractivity contribution in [3.05, 3.63) is 101 Å². The number of likely N-dealkylation sites (tertiary alicyclic amines) is 1. The molecule has 20 heteroatoms. The van der Waals surface area contributed by atoms with Gasteiger partial charge in [-0.1, -0.05) is 54.9 Å². The third-order valence-corrected chi connectivity index (χ3v) is 14.7. The summed E-state index contributed by atoms with van der Waals surface area (Å²) in [5, 5.41) is 10.7. The SMILES string of the molecule is CCc1cccc(-c2cnc(C(=O)NCCOCCOCCC(=O)N3CCN(CCCc4ccc(Cl)cc4)CC3)c(NC(=O)CNCC3CCN(C)C(=O)C3)c2)c1.NC1=NC12CCN(c1ncnc3[nH]ccc13)CC2. The van der Waals surface area contributed by atoms with Crippen LogP contribution in [0.1, 0.15) is 67.1 Å². The number of halogens is 1. The van der Waals surface area contributed by atoms with Crippen molar-refractivity contribution in [2.45, 2.75) is 63.8 Å². The van der Waals surface area contributed by atoms with Gasteiger partial charge in [0.15, 0.2) is 5.69 Å². The lowest BCUT2D eigenvalue weighted by atomic mass is 9.94. The molecule has 4 amide bonds. The molecule has 2 aromatic carbocycles. The van der Waals surface area contributed by atoms with E-state index in [0.29, 0.717) is 51.4 Å². The number of carbonyl (C=O) groups excluding carboxylic acids is 4. The Balaban J connectivity index is 0.000000342. The lowest BCUT2D eigenvalue weighted by Gasteiger charge is -2.34. The third-order valence-electron chi connectivity index (χ3n) is 14.5. The average molecular weight is 1050 g/mol. The number of nitrogens with zero attached hydrogens (tertiary/aromatic N) is 8. The number of nitrogens with two attached hydrogens (primary N) is 1. The molecule has 9 rings (SSSR count). The molecular formula is C55H72ClN13O6. The van der Waals surface area contributed by atoms with Crippen LogP contribution in [0.15, 0.2) is 84.4 Å². The first-order chi connectivity index (χ1) is 36.5. The smallest absolute Gasteiger partial charge is 0.272 e. The van der Waals surface area contributed by atoms with Crippen LogP contribution in [-0.4, -0.2) is 175 Å². The molecule has 7 heterocycles. The van der Waals surface area contributed by atoms with Gasteiger partial charge in [-0.3, -0.25) is 29.1 Å². The molecule has 3 fully saturated rings. The van der Waals surface area contributed by atoms with Gasteiger partial charge in [0.25, 0.3) is 5.91 Å². The van der Waals surface area contributed by atoms with Crippen molar-refractivity contribution in [2.75, 3.05) is 116 Å². The Bertz CT molecular complexity index is 2740. The molecule has 0 radical (unpaired) electrons. The van der Waals surface area contributed by atoms with Crippen molar-refractivity contribution < 1.29 is 28.7 Å². The summed E-state index contributed by atoms with van der Waals surface area (Å²) < 4.78 is 11.3. The maximum absolute atomic E-state index is 13.3. The van der Waals surface area contributed by atoms with Crippen molar-refractivity contribution in [3.63, 3.8) is 0 Å². The number of rotatable bonds is 22. The molecule has 4 aliphatic rings. The average Bonchev–Trinajstić information content (AvgIpc) is 3.77. The van der Waals surface area contributed by atoms with E-state index < -0.39 is 5.91 Å². The number of aromatic amines is 1. The van der Waals surface area contributed by atoms with E-state index in [1.54, 1.807) is 30.5 Å². The Labute approximate surface area is 444 Å². The molecule has 4 aliphatic heterocycles. The second-order valence-electron chi connectivity index (χ2n) is 19.7. The highest BCUT2D eigenvalue weighted by molar-refractivity contribution is 6.30. The molecule has 1 atom stereocenters. The van der Waals surface area contributed by atoms with Gasteiger partial charge >= 0.3 is 0 Å². The number of aromatic nitrogens is 4. The number of pyridine rings is 1. The summed E-state index contributed by atoms with van der Waals surface area (Å²) >= 11 is 5.98. The van der Waals surface area contributed by atoms with Gasteiger partial charge < -0.3 is 50.8 Å². The van der Waals surface area contributed by atoms with E-state index in [1.807, 2.05) is 41.4 Å². The molecule has 400 valence electrons. The number of fused-ring (bicyclic) bond motifs is 1. The predicted octanol–water partition coefficient (Wildman–Crippen LogP) is 4.96. The van der Waals surface area contributed by atoms with Crippen LogP contribution in [0.4, 0.5) is 11.5 Å². The van der Waals surface area contributed by atoms with E-state index in [4.69, 9.17) is 26.8 Å². The molecule has 1 spiro atoms. The largest absolute Gasteiger partial charge is 0.385 e. The maximum Gasteiger partial charge on any atom is 0.272 e. The Morgan fingerprint density at radius 3 is 2.41 bits per heavy atom. The number of hydrogen-bond acceptors (Lipinski definition) is 14. The molecular weight excluding hydrogens is 974 g/mol. The number of benzene rings is 2. The van der Waals surface area contributed by atoms with Gasteiger partial charge in [0.1, 0.15) is 29.2 Å². The van der Waals surface area contributed by atoms with Crippen LogP contribution in [0.25, 0.3) is 22.2 Å². The highest BCUT2D eigenvalue weighted by Crippen LogP contribution is 2.38. The zero-order valence-electron chi connectivity index (χ0n) is 43.3. The number of hydrogen-bond donors (Lipinski definition) is 5. The summed E-state index contributed by atoms with van der Waals surface area (Å²) in [7, 11) is 1.81. The molecule has 5 aromatic rings. The molecule has 19 nitrogen and oxygen atoms in total. The number of nitrogens with one attached hydrogen (secondary N) is 4. The topological polar surface area (TPSA) is 229 Å². The number of carbonyl (C=O) groups is 4. The minimum Gasteiger partial charge on any atom is -0.385 e. The second-order valence-corrected chi connectivity index (χ2v) is 20.1. The fraction of sp³-hybridized carbons (Fsp3) is 0.491. The number of H-pyrrole nitrogens is 1. The molecule has 6 N–H and O–H groups in total. The van der Waals surface area contributed by atoms with Gasteiger partial charge in [-0.2, -0.15) is 0 Å². The standard InChI is InChI=1S/C43H58ClN7O6.C12H14N6/c1-3-32-6-4-8-35(26-32)36-28-38(48-39(52)31-45-29-34-13-17-49(2)41(54)27-34)42(47-30-36)43(55)46-15-23-57-25-24-56-22-14-40(53)51-20-18-50(19-21-51)16-5-7-33-9-11-37(44)12-10-33;13-11-12(17-11)2-5-18(6-3-12)10-8-1-4-14-9(8)15-7-16-10/h4,6,8-12,26,28,30,34,45H,3,5,7,13-25,27,29,31H2,1-2H3,(H,46,55)(H,48,52);1,4,7H,2-3,5-6H2,(H2,13,17)(H,14,15,16). The summed E-state index contributed by atoms with van der Waals surface area (Å²) in [6.45, 7) is 11.0. The quantitative estimate of drug-likeness (QED) is 0.0579. The molecule has 0 saturated carbocycles. The summed E-state index contributed by atoms with van der Waals surface area (Å²) in [4.78, 5) is 80.0. The molecule has 3 aromatic heterocycles. The Kier molecular flexibility index (Phi) is 19.6. The first-order valence-corrected chi connectivity index (χ1v) is 26.8. The number of aryl methyl sites for hydroxylation is 2. The van der Waals surface area contributed by atoms with Crippen LogP contribution in [0.3, 0.4) is 0 Å². The Morgan fingerprint density at radius 1 is 0.893 bits per heavy atom. The molecule has 1 unspecified atom stereocenters. The predicted molar refractivity (Wildman–Crippen MR) is 292 cm³/mol. The van der Waals surface area contributed by atoms with Crippen LogP contribution < -0.4 is 26.6 Å². The van der Waals surface area contributed by atoms with Crippen molar-refractivity contribution in [3.8, 4) is 11.1 Å². The second kappa shape index (κ2) is 26.8.